The first-order valence-corrected chi connectivity index (χ1v) is 7.12. The van der Waals surface area contributed by atoms with Crippen LogP contribution in [0.3, 0.4) is 0 Å². The number of carbonyl (C=O) groups excluding carboxylic acids is 1. The Labute approximate surface area is 120 Å². The molecule has 1 aliphatic rings. The normalized spacial score (nSPS) is 21.4. The molecule has 2 heterocycles. The van der Waals surface area contributed by atoms with Crippen LogP contribution in [-0.4, -0.2) is 42.1 Å². The Morgan fingerprint density at radius 1 is 1.60 bits per heavy atom. The highest BCUT2D eigenvalue weighted by Crippen LogP contribution is 2.20. The summed E-state index contributed by atoms with van der Waals surface area (Å²) in [5, 5.41) is 0. The number of methoxy groups -OCH3 is 1. The molecule has 1 fully saturated rings. The van der Waals surface area contributed by atoms with Crippen LogP contribution in [0, 0.1) is 5.92 Å². The lowest BCUT2D eigenvalue weighted by molar-refractivity contribution is 0.0593. The zero-order valence-corrected chi connectivity index (χ0v) is 12.2. The summed E-state index contributed by atoms with van der Waals surface area (Å²) in [5.41, 5.74) is 7.27. The van der Waals surface area contributed by atoms with E-state index >= 15 is 0 Å². The van der Waals surface area contributed by atoms with Crippen LogP contribution in [0.25, 0.3) is 0 Å². The SMILES string of the molecule is COC(=O)c1cccc(CN2CCCC(C(C)N)C2)n1. The van der Waals surface area contributed by atoms with Crippen molar-refractivity contribution in [3.63, 3.8) is 0 Å². The lowest BCUT2D eigenvalue weighted by Crippen LogP contribution is -2.42. The summed E-state index contributed by atoms with van der Waals surface area (Å²) in [6.45, 7) is 4.90. The third kappa shape index (κ3) is 3.77. The molecule has 0 aliphatic carbocycles. The first-order chi connectivity index (χ1) is 9.60. The maximum atomic E-state index is 11.5. The van der Waals surface area contributed by atoms with Crippen molar-refractivity contribution in [3.05, 3.63) is 29.6 Å². The molecule has 2 rings (SSSR count). The van der Waals surface area contributed by atoms with E-state index in [2.05, 4.69) is 16.8 Å². The second-order valence-electron chi connectivity index (χ2n) is 5.50. The first kappa shape index (κ1) is 14.9. The number of rotatable bonds is 4. The number of esters is 1. The summed E-state index contributed by atoms with van der Waals surface area (Å²) < 4.78 is 4.70. The van der Waals surface area contributed by atoms with Crippen LogP contribution in [-0.2, 0) is 11.3 Å². The molecule has 2 atom stereocenters. The minimum atomic E-state index is -0.390. The molecule has 0 spiro atoms. The van der Waals surface area contributed by atoms with Gasteiger partial charge in [-0.1, -0.05) is 6.07 Å². The van der Waals surface area contributed by atoms with Gasteiger partial charge in [0.05, 0.1) is 12.8 Å². The third-order valence-electron chi connectivity index (χ3n) is 3.87. The molecule has 1 saturated heterocycles. The number of aromatic nitrogens is 1. The third-order valence-corrected chi connectivity index (χ3v) is 3.87. The van der Waals surface area contributed by atoms with Crippen molar-refractivity contribution in [1.82, 2.24) is 9.88 Å². The number of likely N-dealkylation sites (tertiary alicyclic amines) is 1. The molecule has 5 heteroatoms. The van der Waals surface area contributed by atoms with Crippen LogP contribution in [0.4, 0.5) is 0 Å². The van der Waals surface area contributed by atoms with Gasteiger partial charge in [0.15, 0.2) is 0 Å². The quantitative estimate of drug-likeness (QED) is 0.843. The van der Waals surface area contributed by atoms with Crippen molar-refractivity contribution < 1.29 is 9.53 Å². The van der Waals surface area contributed by atoms with Crippen molar-refractivity contribution in [2.45, 2.75) is 32.4 Å². The van der Waals surface area contributed by atoms with E-state index in [1.165, 1.54) is 20.0 Å². The average Bonchev–Trinajstić information content (AvgIpc) is 2.47. The Balaban J connectivity index is 2.01. The molecule has 2 unspecified atom stereocenters. The van der Waals surface area contributed by atoms with Crippen LogP contribution >= 0.6 is 0 Å². The highest BCUT2D eigenvalue weighted by Gasteiger charge is 2.23. The Morgan fingerprint density at radius 2 is 2.40 bits per heavy atom. The van der Waals surface area contributed by atoms with Gasteiger partial charge in [0, 0.05) is 19.1 Å². The van der Waals surface area contributed by atoms with Gasteiger partial charge in [-0.2, -0.15) is 0 Å². The van der Waals surface area contributed by atoms with E-state index in [0.29, 0.717) is 11.6 Å². The predicted octanol–water partition coefficient (Wildman–Crippen LogP) is 1.43. The van der Waals surface area contributed by atoms with Gasteiger partial charge in [0.2, 0.25) is 0 Å². The van der Waals surface area contributed by atoms with Gasteiger partial charge in [0.25, 0.3) is 0 Å². The van der Waals surface area contributed by atoms with Gasteiger partial charge < -0.3 is 10.5 Å². The predicted molar refractivity (Wildman–Crippen MR) is 77.2 cm³/mol. The fraction of sp³-hybridized carbons (Fsp3) is 0.600. The smallest absolute Gasteiger partial charge is 0.356 e. The van der Waals surface area contributed by atoms with E-state index in [0.717, 1.165) is 25.3 Å². The zero-order valence-electron chi connectivity index (χ0n) is 12.2. The van der Waals surface area contributed by atoms with Crippen LogP contribution in [0.5, 0.6) is 0 Å². The van der Waals surface area contributed by atoms with Crippen molar-refractivity contribution >= 4 is 5.97 Å². The largest absolute Gasteiger partial charge is 0.464 e. The lowest BCUT2D eigenvalue weighted by atomic mass is 9.92. The number of piperidine rings is 1. The highest BCUT2D eigenvalue weighted by atomic mass is 16.5. The molecule has 0 aromatic carbocycles. The van der Waals surface area contributed by atoms with E-state index in [-0.39, 0.29) is 12.0 Å². The summed E-state index contributed by atoms with van der Waals surface area (Å²) >= 11 is 0. The Kier molecular flexibility index (Phi) is 5.09. The summed E-state index contributed by atoms with van der Waals surface area (Å²) in [6, 6.07) is 5.70. The molecular formula is C15H23N3O2. The van der Waals surface area contributed by atoms with Gasteiger partial charge in [-0.15, -0.1) is 0 Å². The summed E-state index contributed by atoms with van der Waals surface area (Å²) in [4.78, 5) is 18.2. The molecular weight excluding hydrogens is 254 g/mol. The fourth-order valence-electron chi connectivity index (χ4n) is 2.68. The minimum Gasteiger partial charge on any atom is -0.464 e. The van der Waals surface area contributed by atoms with Gasteiger partial charge in [-0.3, -0.25) is 4.90 Å². The van der Waals surface area contributed by atoms with E-state index in [9.17, 15) is 4.79 Å². The van der Waals surface area contributed by atoms with Crippen molar-refractivity contribution in [3.8, 4) is 0 Å². The summed E-state index contributed by atoms with van der Waals surface area (Å²) in [6.07, 6.45) is 2.37. The molecule has 20 heavy (non-hydrogen) atoms. The Hall–Kier alpha value is -1.46. The van der Waals surface area contributed by atoms with Crippen molar-refractivity contribution in [2.24, 2.45) is 11.7 Å². The summed E-state index contributed by atoms with van der Waals surface area (Å²) in [7, 11) is 1.37. The van der Waals surface area contributed by atoms with Gasteiger partial charge >= 0.3 is 5.97 Å². The molecule has 0 saturated carbocycles. The number of hydrogen-bond acceptors (Lipinski definition) is 5. The second kappa shape index (κ2) is 6.81. The molecule has 0 radical (unpaired) electrons. The van der Waals surface area contributed by atoms with Crippen molar-refractivity contribution in [1.29, 1.82) is 0 Å². The zero-order chi connectivity index (χ0) is 14.5. The topological polar surface area (TPSA) is 68.5 Å². The highest BCUT2D eigenvalue weighted by molar-refractivity contribution is 5.87. The minimum absolute atomic E-state index is 0.229. The molecule has 5 nitrogen and oxygen atoms in total. The Bertz CT molecular complexity index is 462. The second-order valence-corrected chi connectivity index (χ2v) is 5.50. The maximum absolute atomic E-state index is 11.5. The average molecular weight is 277 g/mol. The molecule has 2 N–H and O–H groups in total. The summed E-state index contributed by atoms with van der Waals surface area (Å²) in [5.74, 6) is 0.159. The standard InChI is InChI=1S/C15H23N3O2/c1-11(16)12-5-4-8-18(9-12)10-13-6-3-7-14(17-13)15(19)20-2/h3,6-7,11-12H,4-5,8-10,16H2,1-2H3. The molecule has 0 amide bonds. The van der Waals surface area contributed by atoms with E-state index in [1.807, 2.05) is 12.1 Å². The van der Waals surface area contributed by atoms with Crippen LogP contribution in [0.1, 0.15) is 35.9 Å². The first-order valence-electron chi connectivity index (χ1n) is 7.12. The number of nitrogens with zero attached hydrogens (tertiary/aromatic N) is 2. The number of hydrogen-bond donors (Lipinski definition) is 1. The molecule has 110 valence electrons. The van der Waals surface area contributed by atoms with Crippen LogP contribution in [0.2, 0.25) is 0 Å². The molecule has 0 bridgehead atoms. The lowest BCUT2D eigenvalue weighted by Gasteiger charge is -2.34. The van der Waals surface area contributed by atoms with Crippen LogP contribution in [0.15, 0.2) is 18.2 Å². The number of ether oxygens (including phenoxy) is 1. The fourth-order valence-corrected chi connectivity index (χ4v) is 2.68. The van der Waals surface area contributed by atoms with Crippen molar-refractivity contribution in [2.75, 3.05) is 20.2 Å². The van der Waals surface area contributed by atoms with Gasteiger partial charge in [0.1, 0.15) is 5.69 Å². The van der Waals surface area contributed by atoms with Crippen LogP contribution < -0.4 is 5.73 Å². The number of pyridine rings is 1. The monoisotopic (exact) mass is 277 g/mol. The van der Waals surface area contributed by atoms with Gasteiger partial charge in [-0.05, 0) is 44.4 Å². The van der Waals surface area contributed by atoms with E-state index in [4.69, 9.17) is 10.5 Å². The Morgan fingerprint density at radius 3 is 3.10 bits per heavy atom. The number of nitrogens with two attached hydrogens (primary N) is 1. The van der Waals surface area contributed by atoms with Gasteiger partial charge in [-0.25, -0.2) is 9.78 Å². The molecule has 1 aromatic heterocycles. The molecule has 1 aromatic rings. The molecule has 1 aliphatic heterocycles. The van der Waals surface area contributed by atoms with E-state index < -0.39 is 0 Å². The maximum Gasteiger partial charge on any atom is 0.356 e. The number of carbonyl (C=O) groups is 1. The van der Waals surface area contributed by atoms with E-state index in [1.54, 1.807) is 6.07 Å².